The lowest BCUT2D eigenvalue weighted by Crippen LogP contribution is -2.30. The molecule has 0 radical (unpaired) electrons. The van der Waals surface area contributed by atoms with Crippen molar-refractivity contribution in [2.75, 3.05) is 0 Å². The van der Waals surface area contributed by atoms with Gasteiger partial charge in [-0.1, -0.05) is 31.5 Å². The number of rotatable bonds is 5. The van der Waals surface area contributed by atoms with E-state index in [1.807, 2.05) is 12.1 Å². The van der Waals surface area contributed by atoms with E-state index in [4.69, 9.17) is 11.6 Å². The molecule has 0 fully saturated rings. The molecule has 0 saturated heterocycles. The molecule has 0 aromatic carbocycles. The normalized spacial score (nSPS) is 13.1. The molecular formula is C12H19ClN2. The number of pyridine rings is 1. The largest absolute Gasteiger partial charge is 0.307 e. The van der Waals surface area contributed by atoms with Gasteiger partial charge >= 0.3 is 0 Å². The van der Waals surface area contributed by atoms with Crippen LogP contribution in [0.4, 0.5) is 0 Å². The van der Waals surface area contributed by atoms with E-state index in [-0.39, 0.29) is 6.04 Å². The fraction of sp³-hybridized carbons (Fsp3) is 0.583. The van der Waals surface area contributed by atoms with Crippen molar-refractivity contribution in [2.24, 2.45) is 0 Å². The summed E-state index contributed by atoms with van der Waals surface area (Å²) in [6.07, 6.45) is 3.99. The summed E-state index contributed by atoms with van der Waals surface area (Å²) in [7, 11) is 0. The van der Waals surface area contributed by atoms with Crippen molar-refractivity contribution in [1.29, 1.82) is 0 Å². The molecule has 1 heterocycles. The van der Waals surface area contributed by atoms with E-state index in [9.17, 15) is 0 Å². The van der Waals surface area contributed by atoms with Crippen LogP contribution in [0.3, 0.4) is 0 Å². The summed E-state index contributed by atoms with van der Waals surface area (Å²) in [5.41, 5.74) is 1.08. The lowest BCUT2D eigenvalue weighted by atomic mass is 10.1. The highest BCUT2D eigenvalue weighted by atomic mass is 35.5. The zero-order valence-electron chi connectivity index (χ0n) is 9.63. The molecule has 1 unspecified atom stereocenters. The fourth-order valence-electron chi connectivity index (χ4n) is 1.69. The van der Waals surface area contributed by atoms with Crippen molar-refractivity contribution in [1.82, 2.24) is 10.3 Å². The van der Waals surface area contributed by atoms with Gasteiger partial charge in [0.25, 0.3) is 0 Å². The maximum Gasteiger partial charge on any atom is 0.133 e. The van der Waals surface area contributed by atoms with Crippen molar-refractivity contribution in [3.05, 3.63) is 29.0 Å². The Bertz CT molecular complexity index is 297. The third kappa shape index (κ3) is 3.47. The standard InChI is InChI=1S/C12H19ClN2/c1-4-10(5-2)15-9(3)11-7-6-8-14-12(11)13/h6-10,15H,4-5H2,1-3H3. The van der Waals surface area contributed by atoms with Gasteiger partial charge < -0.3 is 5.32 Å². The van der Waals surface area contributed by atoms with Crippen LogP contribution in [0.5, 0.6) is 0 Å². The molecule has 15 heavy (non-hydrogen) atoms. The molecule has 0 aliphatic heterocycles. The molecule has 0 spiro atoms. The number of nitrogens with zero attached hydrogens (tertiary/aromatic N) is 1. The summed E-state index contributed by atoms with van der Waals surface area (Å²) >= 11 is 6.04. The molecule has 0 saturated carbocycles. The van der Waals surface area contributed by atoms with Crippen LogP contribution in [0.25, 0.3) is 0 Å². The van der Waals surface area contributed by atoms with E-state index in [1.54, 1.807) is 6.20 Å². The summed E-state index contributed by atoms with van der Waals surface area (Å²) in [6.45, 7) is 6.51. The van der Waals surface area contributed by atoms with Crippen LogP contribution in [0.1, 0.15) is 45.2 Å². The fourth-order valence-corrected chi connectivity index (χ4v) is 1.97. The Morgan fingerprint density at radius 3 is 2.60 bits per heavy atom. The molecule has 2 nitrogen and oxygen atoms in total. The molecule has 1 aromatic rings. The minimum absolute atomic E-state index is 0.260. The number of hydrogen-bond donors (Lipinski definition) is 1. The van der Waals surface area contributed by atoms with E-state index in [1.165, 1.54) is 0 Å². The predicted molar refractivity (Wildman–Crippen MR) is 65.2 cm³/mol. The first kappa shape index (κ1) is 12.5. The van der Waals surface area contributed by atoms with Gasteiger partial charge in [-0.15, -0.1) is 0 Å². The van der Waals surface area contributed by atoms with Crippen LogP contribution in [0, 0.1) is 0 Å². The molecule has 1 aromatic heterocycles. The molecular weight excluding hydrogens is 208 g/mol. The highest BCUT2D eigenvalue weighted by Gasteiger charge is 2.12. The monoisotopic (exact) mass is 226 g/mol. The van der Waals surface area contributed by atoms with Gasteiger partial charge in [-0.25, -0.2) is 4.98 Å². The molecule has 1 N–H and O–H groups in total. The van der Waals surface area contributed by atoms with Gasteiger partial charge in [-0.05, 0) is 25.8 Å². The SMILES string of the molecule is CCC(CC)NC(C)c1cccnc1Cl. The van der Waals surface area contributed by atoms with Gasteiger partial charge in [0.2, 0.25) is 0 Å². The van der Waals surface area contributed by atoms with Gasteiger partial charge in [0.05, 0.1) is 0 Å². The van der Waals surface area contributed by atoms with E-state index >= 15 is 0 Å². The minimum Gasteiger partial charge on any atom is -0.307 e. The van der Waals surface area contributed by atoms with E-state index < -0.39 is 0 Å². The van der Waals surface area contributed by atoms with Gasteiger partial charge in [-0.2, -0.15) is 0 Å². The highest BCUT2D eigenvalue weighted by molar-refractivity contribution is 6.30. The number of halogens is 1. The second kappa shape index (κ2) is 6.09. The molecule has 0 bridgehead atoms. The molecule has 0 aliphatic carbocycles. The lowest BCUT2D eigenvalue weighted by molar-refractivity contribution is 0.432. The maximum atomic E-state index is 6.04. The van der Waals surface area contributed by atoms with Crippen molar-refractivity contribution in [2.45, 2.75) is 45.7 Å². The van der Waals surface area contributed by atoms with Gasteiger partial charge in [0.15, 0.2) is 0 Å². The van der Waals surface area contributed by atoms with Crippen molar-refractivity contribution < 1.29 is 0 Å². The zero-order chi connectivity index (χ0) is 11.3. The average Bonchev–Trinajstić information content (AvgIpc) is 2.26. The molecule has 1 atom stereocenters. The molecule has 1 rings (SSSR count). The summed E-state index contributed by atoms with van der Waals surface area (Å²) < 4.78 is 0. The third-order valence-electron chi connectivity index (χ3n) is 2.73. The van der Waals surface area contributed by atoms with Crippen LogP contribution in [-0.2, 0) is 0 Å². The average molecular weight is 227 g/mol. The Hall–Kier alpha value is -0.600. The Morgan fingerprint density at radius 1 is 1.40 bits per heavy atom. The Balaban J connectivity index is 2.68. The van der Waals surface area contributed by atoms with Crippen molar-refractivity contribution in [3.63, 3.8) is 0 Å². The van der Waals surface area contributed by atoms with Gasteiger partial charge in [0.1, 0.15) is 5.15 Å². The molecule has 0 aliphatic rings. The van der Waals surface area contributed by atoms with Gasteiger partial charge in [0, 0.05) is 23.8 Å². The smallest absolute Gasteiger partial charge is 0.133 e. The molecule has 0 amide bonds. The predicted octanol–water partition coefficient (Wildman–Crippen LogP) is 3.57. The summed E-state index contributed by atoms with van der Waals surface area (Å²) in [4.78, 5) is 4.08. The van der Waals surface area contributed by atoms with Crippen LogP contribution >= 0.6 is 11.6 Å². The zero-order valence-corrected chi connectivity index (χ0v) is 10.4. The van der Waals surface area contributed by atoms with Gasteiger partial charge in [-0.3, -0.25) is 0 Å². The number of aromatic nitrogens is 1. The van der Waals surface area contributed by atoms with Crippen LogP contribution in [0.15, 0.2) is 18.3 Å². The first-order valence-corrected chi connectivity index (χ1v) is 5.93. The van der Waals surface area contributed by atoms with Crippen LogP contribution in [0.2, 0.25) is 5.15 Å². The van der Waals surface area contributed by atoms with E-state index in [0.717, 1.165) is 18.4 Å². The summed E-state index contributed by atoms with van der Waals surface area (Å²) in [5, 5.41) is 4.15. The highest BCUT2D eigenvalue weighted by Crippen LogP contribution is 2.20. The minimum atomic E-state index is 0.260. The molecule has 3 heteroatoms. The quantitative estimate of drug-likeness (QED) is 0.777. The second-order valence-corrected chi connectivity index (χ2v) is 4.14. The number of hydrogen-bond acceptors (Lipinski definition) is 2. The first-order chi connectivity index (χ1) is 7.19. The van der Waals surface area contributed by atoms with Crippen LogP contribution < -0.4 is 5.32 Å². The third-order valence-corrected chi connectivity index (χ3v) is 3.04. The second-order valence-electron chi connectivity index (χ2n) is 3.79. The summed E-state index contributed by atoms with van der Waals surface area (Å²) in [6, 6.07) is 4.76. The summed E-state index contributed by atoms with van der Waals surface area (Å²) in [5.74, 6) is 0. The first-order valence-electron chi connectivity index (χ1n) is 5.55. The Kier molecular flexibility index (Phi) is 5.06. The lowest BCUT2D eigenvalue weighted by Gasteiger charge is -2.21. The molecule has 84 valence electrons. The number of nitrogens with one attached hydrogen (secondary N) is 1. The Morgan fingerprint density at radius 2 is 2.07 bits per heavy atom. The Labute approximate surface area is 97.1 Å². The van der Waals surface area contributed by atoms with Crippen LogP contribution in [-0.4, -0.2) is 11.0 Å². The van der Waals surface area contributed by atoms with Crippen molar-refractivity contribution in [3.8, 4) is 0 Å². The van der Waals surface area contributed by atoms with E-state index in [2.05, 4.69) is 31.1 Å². The van der Waals surface area contributed by atoms with E-state index in [0.29, 0.717) is 11.2 Å². The topological polar surface area (TPSA) is 24.9 Å². The maximum absolute atomic E-state index is 6.04. The van der Waals surface area contributed by atoms with Crippen molar-refractivity contribution >= 4 is 11.6 Å².